The highest BCUT2D eigenvalue weighted by molar-refractivity contribution is 5.30. The molecule has 0 unspecified atom stereocenters. The fourth-order valence-corrected chi connectivity index (χ4v) is 3.87. The van der Waals surface area contributed by atoms with Crippen LogP contribution < -0.4 is 0 Å². The van der Waals surface area contributed by atoms with Crippen molar-refractivity contribution in [3.8, 4) is 0 Å². The summed E-state index contributed by atoms with van der Waals surface area (Å²) in [7, 11) is 0. The lowest BCUT2D eigenvalue weighted by Crippen LogP contribution is -1.87. The van der Waals surface area contributed by atoms with E-state index in [2.05, 4.69) is 134 Å². The van der Waals surface area contributed by atoms with E-state index in [1.165, 1.54) is 39.0 Å². The van der Waals surface area contributed by atoms with Crippen molar-refractivity contribution < 1.29 is 5.11 Å². The Morgan fingerprint density at radius 3 is 1.29 bits per heavy atom. The molecule has 0 aromatic heterocycles. The Balaban J connectivity index is 4.54. The quantitative estimate of drug-likeness (QED) is 0.101. The molecule has 0 aliphatic heterocycles. The van der Waals surface area contributed by atoms with E-state index in [1.807, 2.05) is 13.8 Å². The summed E-state index contributed by atoms with van der Waals surface area (Å²) in [5.74, 6) is 0.522. The first-order valence-corrected chi connectivity index (χ1v) is 15.4. The van der Waals surface area contributed by atoms with Crippen molar-refractivity contribution in [2.24, 2.45) is 0 Å². The second kappa shape index (κ2) is 23.6. The van der Waals surface area contributed by atoms with Gasteiger partial charge in [-0.3, -0.25) is 0 Å². The number of aliphatic hydroxyl groups excluding tert-OH is 1. The summed E-state index contributed by atoms with van der Waals surface area (Å²) < 4.78 is 0. The van der Waals surface area contributed by atoms with E-state index in [1.54, 1.807) is 0 Å². The predicted molar refractivity (Wildman–Crippen MR) is 187 cm³/mol. The van der Waals surface area contributed by atoms with Gasteiger partial charge in [0.2, 0.25) is 0 Å². The van der Waals surface area contributed by atoms with Crippen molar-refractivity contribution in [1.82, 2.24) is 0 Å². The van der Waals surface area contributed by atoms with Crippen LogP contribution in [0.1, 0.15) is 121 Å². The van der Waals surface area contributed by atoms with Crippen molar-refractivity contribution in [1.29, 1.82) is 0 Å². The Bertz CT molecular complexity index is 1110. The molecule has 1 nitrogen and oxygen atoms in total. The molecule has 0 saturated heterocycles. The number of rotatable bonds is 18. The van der Waals surface area contributed by atoms with E-state index in [4.69, 9.17) is 0 Å². The molecule has 0 amide bonds. The third-order valence-corrected chi connectivity index (χ3v) is 6.80. The molecular formula is C40H60O. The maximum atomic E-state index is 9.85. The van der Waals surface area contributed by atoms with Gasteiger partial charge < -0.3 is 5.11 Å². The maximum absolute atomic E-state index is 9.85. The van der Waals surface area contributed by atoms with Gasteiger partial charge in [0, 0.05) is 6.42 Å². The van der Waals surface area contributed by atoms with Crippen molar-refractivity contribution in [2.75, 3.05) is 0 Å². The summed E-state index contributed by atoms with van der Waals surface area (Å²) in [6.45, 7) is 21.3. The van der Waals surface area contributed by atoms with E-state index in [0.29, 0.717) is 5.76 Å². The Hall–Kier alpha value is -3.06. The fourth-order valence-electron chi connectivity index (χ4n) is 3.87. The largest absolute Gasteiger partial charge is 0.512 e. The molecule has 0 aliphatic rings. The van der Waals surface area contributed by atoms with Crippen LogP contribution in [0.2, 0.25) is 0 Å². The Morgan fingerprint density at radius 2 is 0.854 bits per heavy atom. The van der Waals surface area contributed by atoms with E-state index < -0.39 is 0 Å². The number of aliphatic hydroxyl groups is 1. The Labute approximate surface area is 254 Å². The summed E-state index contributed by atoms with van der Waals surface area (Å²) in [5, 5.41) is 9.85. The van der Waals surface area contributed by atoms with Crippen LogP contribution in [0.25, 0.3) is 0 Å². The zero-order chi connectivity index (χ0) is 31.0. The zero-order valence-corrected chi connectivity index (χ0v) is 28.1. The molecule has 41 heavy (non-hydrogen) atoms. The molecule has 0 rings (SSSR count). The van der Waals surface area contributed by atoms with Crippen LogP contribution in [0, 0.1) is 0 Å². The van der Waals surface area contributed by atoms with Gasteiger partial charge in [-0.2, -0.15) is 0 Å². The highest BCUT2D eigenvalue weighted by Crippen LogP contribution is 2.15. The smallest absolute Gasteiger partial charge is 0.0912 e. The van der Waals surface area contributed by atoms with Crippen molar-refractivity contribution in [3.05, 3.63) is 129 Å². The lowest BCUT2D eigenvalue weighted by molar-refractivity contribution is 0.381. The number of allylic oxidation sites excluding steroid dienone is 22. The predicted octanol–water partition coefficient (Wildman–Crippen LogP) is 13.3. The van der Waals surface area contributed by atoms with Gasteiger partial charge in [0.15, 0.2) is 0 Å². The zero-order valence-electron chi connectivity index (χ0n) is 28.1. The van der Waals surface area contributed by atoms with Crippen LogP contribution in [0.5, 0.6) is 0 Å². The minimum atomic E-state index is 0.522. The minimum absolute atomic E-state index is 0.522. The standard InChI is InChI=1S/C40H60O/c1-32(2)18-13-21-36(7)24-16-27-37(8)25-14-22-34(5)19-11-12-20-35(6)23-15-26-38(9)28-17-29-39(10)30-31-40(41)33(3)4/h11-12,14-15,18-20,22-26,29,41H,13,16-17,21,27-28,30-31H2,1-10H3/b12-11+,22-14+,23-15+,34-19+,35-20+,36-24-,37-25+,38-26+,39-29+. The second-order valence-corrected chi connectivity index (χ2v) is 11.9. The molecule has 0 fully saturated rings. The van der Waals surface area contributed by atoms with Crippen LogP contribution in [-0.2, 0) is 0 Å². The van der Waals surface area contributed by atoms with Gasteiger partial charge in [-0.1, -0.05) is 118 Å². The van der Waals surface area contributed by atoms with Gasteiger partial charge in [-0.25, -0.2) is 0 Å². The van der Waals surface area contributed by atoms with E-state index >= 15 is 0 Å². The molecular weight excluding hydrogens is 496 g/mol. The van der Waals surface area contributed by atoms with Crippen LogP contribution >= 0.6 is 0 Å². The van der Waals surface area contributed by atoms with Crippen LogP contribution in [0.4, 0.5) is 0 Å². The first-order chi connectivity index (χ1) is 19.4. The van der Waals surface area contributed by atoms with E-state index in [0.717, 1.165) is 56.9 Å². The van der Waals surface area contributed by atoms with Crippen LogP contribution in [0.3, 0.4) is 0 Å². The van der Waals surface area contributed by atoms with Crippen LogP contribution in [0.15, 0.2) is 129 Å². The molecule has 0 bridgehead atoms. The van der Waals surface area contributed by atoms with Gasteiger partial charge >= 0.3 is 0 Å². The van der Waals surface area contributed by atoms with Crippen molar-refractivity contribution in [3.63, 3.8) is 0 Å². The molecule has 0 aromatic rings. The van der Waals surface area contributed by atoms with E-state index in [-0.39, 0.29) is 0 Å². The van der Waals surface area contributed by atoms with Crippen LogP contribution in [-0.4, -0.2) is 5.11 Å². The topological polar surface area (TPSA) is 20.2 Å². The van der Waals surface area contributed by atoms with Gasteiger partial charge in [0.05, 0.1) is 5.76 Å². The lowest BCUT2D eigenvalue weighted by Gasteiger charge is -2.04. The Kier molecular flexibility index (Phi) is 21.9. The average Bonchev–Trinajstić information content (AvgIpc) is 2.89. The van der Waals surface area contributed by atoms with Gasteiger partial charge in [-0.15, -0.1) is 0 Å². The summed E-state index contributed by atoms with van der Waals surface area (Å²) in [6.07, 6.45) is 36.8. The monoisotopic (exact) mass is 556 g/mol. The summed E-state index contributed by atoms with van der Waals surface area (Å²) in [4.78, 5) is 0. The third-order valence-electron chi connectivity index (χ3n) is 6.80. The molecule has 0 radical (unpaired) electrons. The molecule has 0 aromatic carbocycles. The highest BCUT2D eigenvalue weighted by Gasteiger charge is 1.98. The van der Waals surface area contributed by atoms with Crippen molar-refractivity contribution in [2.45, 2.75) is 121 Å². The van der Waals surface area contributed by atoms with E-state index in [9.17, 15) is 5.11 Å². The molecule has 0 spiro atoms. The third kappa shape index (κ3) is 24.5. The Morgan fingerprint density at radius 1 is 0.439 bits per heavy atom. The molecule has 0 aliphatic carbocycles. The molecule has 0 saturated carbocycles. The summed E-state index contributed by atoms with van der Waals surface area (Å²) in [5.41, 5.74) is 10.5. The normalized spacial score (nSPS) is 14.6. The maximum Gasteiger partial charge on any atom is 0.0912 e. The van der Waals surface area contributed by atoms with Gasteiger partial charge in [-0.05, 0) is 120 Å². The second-order valence-electron chi connectivity index (χ2n) is 11.9. The SMILES string of the molecule is CC(C)=CCC/C(C)=C\CC/C(C)=C/C=C/C(C)=C/C=C/C=C(C)/C=C/C=C(\C)CC/C=C(\C)CCC(O)=C(C)C. The molecule has 1 N–H and O–H groups in total. The average molecular weight is 557 g/mol. The molecule has 226 valence electrons. The molecule has 1 heteroatoms. The summed E-state index contributed by atoms with van der Waals surface area (Å²) in [6, 6.07) is 0. The summed E-state index contributed by atoms with van der Waals surface area (Å²) >= 11 is 0. The number of hydrogen-bond donors (Lipinski definition) is 1. The lowest BCUT2D eigenvalue weighted by atomic mass is 10.1. The minimum Gasteiger partial charge on any atom is -0.512 e. The first kappa shape index (κ1) is 37.9. The van der Waals surface area contributed by atoms with Gasteiger partial charge in [0.1, 0.15) is 0 Å². The van der Waals surface area contributed by atoms with Gasteiger partial charge in [0.25, 0.3) is 0 Å². The fraction of sp³-hybridized carbons (Fsp3) is 0.450. The highest BCUT2D eigenvalue weighted by atomic mass is 16.3. The van der Waals surface area contributed by atoms with Crippen molar-refractivity contribution >= 4 is 0 Å². The molecule has 0 atom stereocenters. The number of hydrogen-bond acceptors (Lipinski definition) is 1. The first-order valence-electron chi connectivity index (χ1n) is 15.4. The molecule has 0 heterocycles.